The molecular weight excluding hydrogens is 346 g/mol. The quantitative estimate of drug-likeness (QED) is 0.464. The summed E-state index contributed by atoms with van der Waals surface area (Å²) in [6.45, 7) is 0. The van der Waals surface area contributed by atoms with Crippen molar-refractivity contribution in [1.29, 1.82) is 0 Å². The topological polar surface area (TPSA) is 46.9 Å². The van der Waals surface area contributed by atoms with Gasteiger partial charge >= 0.3 is 0 Å². The Balaban J connectivity index is 1.58. The molecule has 0 radical (unpaired) electrons. The molecule has 2 aromatic heterocycles. The van der Waals surface area contributed by atoms with Gasteiger partial charge in [0.2, 0.25) is 0 Å². The summed E-state index contributed by atoms with van der Waals surface area (Å²) in [5.41, 5.74) is 4.00. The molecule has 1 amide bonds. The van der Waals surface area contributed by atoms with E-state index < -0.39 is 0 Å². The maximum absolute atomic E-state index is 13.2. The van der Waals surface area contributed by atoms with Crippen molar-refractivity contribution in [2.45, 2.75) is 0 Å². The predicted molar refractivity (Wildman–Crippen MR) is 113 cm³/mol. The Kier molecular flexibility index (Phi) is 3.87. The van der Waals surface area contributed by atoms with Gasteiger partial charge in [0.25, 0.3) is 5.91 Å². The first-order chi connectivity index (χ1) is 13.8. The van der Waals surface area contributed by atoms with Crippen molar-refractivity contribution in [3.8, 4) is 5.69 Å². The first-order valence-corrected chi connectivity index (χ1v) is 9.12. The minimum Gasteiger partial charge on any atom is -0.320 e. The first kappa shape index (κ1) is 16.3. The van der Waals surface area contributed by atoms with Gasteiger partial charge in [-0.3, -0.25) is 9.78 Å². The van der Waals surface area contributed by atoms with Crippen molar-refractivity contribution >= 4 is 33.4 Å². The summed E-state index contributed by atoms with van der Waals surface area (Å²) in [4.78, 5) is 17.6. The molecule has 4 heteroatoms. The van der Waals surface area contributed by atoms with Crippen LogP contribution in [0.2, 0.25) is 0 Å². The highest BCUT2D eigenvalue weighted by atomic mass is 16.1. The first-order valence-electron chi connectivity index (χ1n) is 9.12. The van der Waals surface area contributed by atoms with E-state index in [2.05, 4.69) is 28.5 Å². The number of benzene rings is 3. The number of nitrogens with zero attached hydrogens (tertiary/aromatic N) is 2. The monoisotopic (exact) mass is 363 g/mol. The van der Waals surface area contributed by atoms with E-state index in [9.17, 15) is 4.79 Å². The van der Waals surface area contributed by atoms with Gasteiger partial charge in [0, 0.05) is 17.8 Å². The van der Waals surface area contributed by atoms with E-state index in [0.717, 1.165) is 27.5 Å². The second-order valence-electron chi connectivity index (χ2n) is 6.60. The number of rotatable bonds is 3. The summed E-state index contributed by atoms with van der Waals surface area (Å²) < 4.78 is 2.05. The molecule has 5 rings (SSSR count). The van der Waals surface area contributed by atoms with Gasteiger partial charge in [-0.15, -0.1) is 0 Å². The molecule has 1 N–H and O–H groups in total. The number of hydrogen-bond acceptors (Lipinski definition) is 2. The van der Waals surface area contributed by atoms with Crippen molar-refractivity contribution in [2.24, 2.45) is 0 Å². The Morgan fingerprint density at radius 1 is 0.786 bits per heavy atom. The van der Waals surface area contributed by atoms with Crippen molar-refractivity contribution < 1.29 is 4.79 Å². The third-order valence-corrected chi connectivity index (χ3v) is 4.89. The lowest BCUT2D eigenvalue weighted by Gasteiger charge is -2.13. The van der Waals surface area contributed by atoms with Gasteiger partial charge in [0.05, 0.1) is 28.0 Å². The number of amides is 1. The highest BCUT2D eigenvalue weighted by Crippen LogP contribution is 2.25. The van der Waals surface area contributed by atoms with Crippen LogP contribution in [0.5, 0.6) is 0 Å². The van der Waals surface area contributed by atoms with Crippen LogP contribution in [0.15, 0.2) is 97.3 Å². The van der Waals surface area contributed by atoms with Crippen LogP contribution >= 0.6 is 0 Å². The standard InChI is InChI=1S/C24H17N3O/c28-24(26-20-11-5-8-18-9-6-15-25-23(18)20)19-10-2-4-13-22(19)27-16-14-17-7-1-3-12-21(17)27/h1-16H,(H,26,28). The van der Waals surface area contributed by atoms with Crippen LogP contribution < -0.4 is 5.32 Å². The zero-order valence-electron chi connectivity index (χ0n) is 15.0. The van der Waals surface area contributed by atoms with Crippen LogP contribution in [0.3, 0.4) is 0 Å². The maximum Gasteiger partial charge on any atom is 0.257 e. The van der Waals surface area contributed by atoms with E-state index in [0.29, 0.717) is 11.3 Å². The van der Waals surface area contributed by atoms with Crippen LogP contribution in [-0.4, -0.2) is 15.5 Å². The molecule has 2 heterocycles. The average Bonchev–Trinajstić information content (AvgIpc) is 3.18. The number of carbonyl (C=O) groups excluding carboxylic acids is 1. The SMILES string of the molecule is O=C(Nc1cccc2cccnc12)c1ccccc1-n1ccc2ccccc21. The second-order valence-corrected chi connectivity index (χ2v) is 6.60. The molecule has 134 valence electrons. The van der Waals surface area contributed by atoms with Gasteiger partial charge in [-0.25, -0.2) is 0 Å². The van der Waals surface area contributed by atoms with Crippen molar-refractivity contribution in [1.82, 2.24) is 9.55 Å². The number of pyridine rings is 1. The molecule has 0 aliphatic heterocycles. The highest BCUT2D eigenvalue weighted by molar-refractivity contribution is 6.10. The third kappa shape index (κ3) is 2.72. The van der Waals surface area contributed by atoms with Gasteiger partial charge in [0.1, 0.15) is 0 Å². The fourth-order valence-electron chi connectivity index (χ4n) is 3.56. The summed E-state index contributed by atoms with van der Waals surface area (Å²) in [6, 6.07) is 27.5. The lowest BCUT2D eigenvalue weighted by molar-refractivity contribution is 0.102. The fourth-order valence-corrected chi connectivity index (χ4v) is 3.56. The molecule has 28 heavy (non-hydrogen) atoms. The third-order valence-electron chi connectivity index (χ3n) is 4.89. The molecule has 5 aromatic rings. The smallest absolute Gasteiger partial charge is 0.257 e. The zero-order chi connectivity index (χ0) is 18.9. The molecule has 0 bridgehead atoms. The van der Waals surface area contributed by atoms with E-state index in [4.69, 9.17) is 0 Å². The van der Waals surface area contributed by atoms with E-state index in [1.54, 1.807) is 6.20 Å². The summed E-state index contributed by atoms with van der Waals surface area (Å²) in [5.74, 6) is -0.161. The molecule has 0 aliphatic rings. The zero-order valence-corrected chi connectivity index (χ0v) is 15.0. The van der Waals surface area contributed by atoms with Gasteiger partial charge in [-0.2, -0.15) is 0 Å². The van der Waals surface area contributed by atoms with Gasteiger partial charge in [-0.1, -0.05) is 48.5 Å². The molecule has 4 nitrogen and oxygen atoms in total. The van der Waals surface area contributed by atoms with Crippen molar-refractivity contribution in [2.75, 3.05) is 5.32 Å². The normalized spacial score (nSPS) is 11.0. The number of fused-ring (bicyclic) bond motifs is 2. The minimum atomic E-state index is -0.161. The number of para-hydroxylation sites is 3. The number of hydrogen-bond donors (Lipinski definition) is 1. The van der Waals surface area contributed by atoms with Crippen molar-refractivity contribution in [3.05, 3.63) is 103 Å². The Bertz CT molecular complexity index is 1310. The highest BCUT2D eigenvalue weighted by Gasteiger charge is 2.15. The summed E-state index contributed by atoms with van der Waals surface area (Å²) >= 11 is 0. The molecule has 0 spiro atoms. The average molecular weight is 363 g/mol. The van der Waals surface area contributed by atoms with E-state index in [1.165, 1.54) is 0 Å². The van der Waals surface area contributed by atoms with Gasteiger partial charge in [0.15, 0.2) is 0 Å². The van der Waals surface area contributed by atoms with Crippen LogP contribution in [0.4, 0.5) is 5.69 Å². The predicted octanol–water partition coefficient (Wildman–Crippen LogP) is 5.43. The largest absolute Gasteiger partial charge is 0.320 e. The Morgan fingerprint density at radius 2 is 1.57 bits per heavy atom. The van der Waals surface area contributed by atoms with E-state index >= 15 is 0 Å². The molecule has 0 saturated heterocycles. The fraction of sp³-hybridized carbons (Fsp3) is 0. The van der Waals surface area contributed by atoms with Crippen LogP contribution in [0, 0.1) is 0 Å². The number of carbonyl (C=O) groups is 1. The van der Waals surface area contributed by atoms with Crippen LogP contribution in [0.25, 0.3) is 27.5 Å². The molecular formula is C24H17N3O. The molecule has 0 fully saturated rings. The van der Waals surface area contributed by atoms with E-state index in [-0.39, 0.29) is 5.91 Å². The lowest BCUT2D eigenvalue weighted by Crippen LogP contribution is -2.15. The molecule has 0 saturated carbocycles. The Labute approximate surface area is 162 Å². The molecule has 0 atom stereocenters. The van der Waals surface area contributed by atoms with Gasteiger partial charge < -0.3 is 9.88 Å². The Hall–Kier alpha value is -3.92. The summed E-state index contributed by atoms with van der Waals surface area (Å²) in [6.07, 6.45) is 3.73. The Morgan fingerprint density at radius 3 is 2.54 bits per heavy atom. The molecule has 0 unspecified atom stereocenters. The molecule has 0 aliphatic carbocycles. The van der Waals surface area contributed by atoms with Gasteiger partial charge in [-0.05, 0) is 41.8 Å². The number of nitrogens with one attached hydrogen (secondary N) is 1. The van der Waals surface area contributed by atoms with Crippen LogP contribution in [0.1, 0.15) is 10.4 Å². The van der Waals surface area contributed by atoms with Crippen LogP contribution in [-0.2, 0) is 0 Å². The maximum atomic E-state index is 13.2. The van der Waals surface area contributed by atoms with E-state index in [1.807, 2.05) is 77.5 Å². The summed E-state index contributed by atoms with van der Waals surface area (Å²) in [5, 5.41) is 5.16. The lowest BCUT2D eigenvalue weighted by atomic mass is 10.1. The summed E-state index contributed by atoms with van der Waals surface area (Å²) in [7, 11) is 0. The molecule has 3 aromatic carbocycles. The minimum absolute atomic E-state index is 0.161. The number of anilines is 1. The number of aromatic nitrogens is 2. The second kappa shape index (κ2) is 6.67. The van der Waals surface area contributed by atoms with Crippen molar-refractivity contribution in [3.63, 3.8) is 0 Å².